The number of aliphatic hydroxyl groups is 2. The highest BCUT2D eigenvalue weighted by atomic mass is 16.3. The maximum Gasteiger partial charge on any atom is 0.0672 e. The van der Waals surface area contributed by atoms with Crippen LogP contribution in [0, 0.1) is 10.8 Å². The third-order valence-corrected chi connectivity index (χ3v) is 6.53. The summed E-state index contributed by atoms with van der Waals surface area (Å²) in [4.78, 5) is 4.75. The molecule has 0 aliphatic carbocycles. The molecular formula is C28H42N2O2. The summed E-state index contributed by atoms with van der Waals surface area (Å²) < 4.78 is 0. The van der Waals surface area contributed by atoms with Crippen molar-refractivity contribution in [1.29, 1.82) is 0 Å². The molecule has 2 atom stereocenters. The van der Waals surface area contributed by atoms with Crippen molar-refractivity contribution in [3.63, 3.8) is 0 Å². The third-order valence-electron chi connectivity index (χ3n) is 6.53. The van der Waals surface area contributed by atoms with E-state index >= 15 is 0 Å². The van der Waals surface area contributed by atoms with E-state index in [2.05, 4.69) is 86.0 Å². The Hall–Kier alpha value is -1.72. The predicted molar refractivity (Wildman–Crippen MR) is 132 cm³/mol. The van der Waals surface area contributed by atoms with Gasteiger partial charge in [0.05, 0.1) is 12.7 Å². The highest BCUT2D eigenvalue weighted by molar-refractivity contribution is 5.15. The van der Waals surface area contributed by atoms with E-state index in [1.807, 2.05) is 12.1 Å². The molecule has 2 aliphatic heterocycles. The number of hydrogen-bond acceptors (Lipinski definition) is 4. The summed E-state index contributed by atoms with van der Waals surface area (Å²) in [5.74, 6) is 0. The molecule has 176 valence electrons. The molecule has 2 heterocycles. The number of hydrogen-bond donors (Lipinski definition) is 2. The van der Waals surface area contributed by atoms with E-state index in [0.717, 1.165) is 45.6 Å². The third kappa shape index (κ3) is 7.70. The summed E-state index contributed by atoms with van der Waals surface area (Å²) >= 11 is 0. The van der Waals surface area contributed by atoms with E-state index in [1.165, 1.54) is 11.1 Å². The van der Waals surface area contributed by atoms with Gasteiger partial charge in [0, 0.05) is 38.8 Å². The average Bonchev–Trinajstić information content (AvgIpc) is 3.02. The molecule has 0 bridgehead atoms. The summed E-state index contributed by atoms with van der Waals surface area (Å²) in [5.41, 5.74) is 3.22. The smallest absolute Gasteiger partial charge is 0.0672 e. The summed E-state index contributed by atoms with van der Waals surface area (Å²) in [6.07, 6.45) is 1.83. The second-order valence-corrected chi connectivity index (χ2v) is 11.3. The van der Waals surface area contributed by atoms with Crippen molar-refractivity contribution in [1.82, 2.24) is 9.80 Å². The van der Waals surface area contributed by atoms with E-state index in [4.69, 9.17) is 0 Å². The zero-order valence-corrected chi connectivity index (χ0v) is 20.4. The molecule has 0 radical (unpaired) electrons. The van der Waals surface area contributed by atoms with Crippen LogP contribution in [0.25, 0.3) is 0 Å². The molecule has 2 aromatic carbocycles. The van der Waals surface area contributed by atoms with Gasteiger partial charge in [0.15, 0.2) is 0 Å². The van der Waals surface area contributed by atoms with Crippen LogP contribution in [-0.2, 0) is 13.1 Å². The molecule has 4 heteroatoms. The van der Waals surface area contributed by atoms with Crippen LogP contribution in [0.2, 0.25) is 0 Å². The van der Waals surface area contributed by atoms with E-state index in [1.54, 1.807) is 0 Å². The highest BCUT2D eigenvalue weighted by Crippen LogP contribution is 2.34. The fraction of sp³-hybridized carbons (Fsp3) is 0.571. The Morgan fingerprint density at radius 1 is 0.781 bits per heavy atom. The molecule has 2 aliphatic rings. The molecule has 0 unspecified atom stereocenters. The number of rotatable bonds is 5. The standard InChI is InChI=1S/2C14H21NO/c1-14(2)8-13(10-16)15(11-14)9-12-6-4-3-5-7-12;1-14(2)8-13(16)10-15(11-14)9-12-6-4-3-5-7-12/h2*3-7,13,16H,8-11H2,1-2H3/t2*13-/m01/s1. The lowest BCUT2D eigenvalue weighted by Crippen LogP contribution is -2.46. The van der Waals surface area contributed by atoms with Gasteiger partial charge in [-0.15, -0.1) is 0 Å². The topological polar surface area (TPSA) is 46.9 Å². The average molecular weight is 439 g/mol. The van der Waals surface area contributed by atoms with Gasteiger partial charge in [-0.2, -0.15) is 0 Å². The van der Waals surface area contributed by atoms with Crippen LogP contribution < -0.4 is 0 Å². The number of nitrogens with zero attached hydrogens (tertiary/aromatic N) is 2. The largest absolute Gasteiger partial charge is 0.395 e. The number of β-amino-alcohol motifs (C(OH)–C–C–N with tert-alkyl or cyclic N) is 1. The highest BCUT2D eigenvalue weighted by Gasteiger charge is 2.36. The second kappa shape index (κ2) is 10.9. The quantitative estimate of drug-likeness (QED) is 0.719. The first kappa shape index (κ1) is 24.9. The molecule has 0 saturated carbocycles. The van der Waals surface area contributed by atoms with E-state index in [9.17, 15) is 10.2 Å². The van der Waals surface area contributed by atoms with Crippen molar-refractivity contribution in [2.75, 3.05) is 26.2 Å². The van der Waals surface area contributed by atoms with Gasteiger partial charge in [0.1, 0.15) is 0 Å². The van der Waals surface area contributed by atoms with Crippen molar-refractivity contribution in [3.05, 3.63) is 71.8 Å². The van der Waals surface area contributed by atoms with Crippen LogP contribution in [-0.4, -0.2) is 58.4 Å². The molecule has 4 rings (SSSR count). The number of benzene rings is 2. The Labute approximate surface area is 194 Å². The van der Waals surface area contributed by atoms with E-state index in [0.29, 0.717) is 11.5 Å². The van der Waals surface area contributed by atoms with Crippen LogP contribution >= 0.6 is 0 Å². The Kier molecular flexibility index (Phi) is 8.51. The molecule has 0 aromatic heterocycles. The Morgan fingerprint density at radius 2 is 1.31 bits per heavy atom. The van der Waals surface area contributed by atoms with Crippen molar-refractivity contribution in [2.45, 2.75) is 65.8 Å². The van der Waals surface area contributed by atoms with Gasteiger partial charge < -0.3 is 10.2 Å². The predicted octanol–water partition coefficient (Wildman–Crippen LogP) is 4.56. The first-order valence-electron chi connectivity index (χ1n) is 12.0. The fourth-order valence-corrected chi connectivity index (χ4v) is 5.39. The molecule has 2 saturated heterocycles. The van der Waals surface area contributed by atoms with Crippen molar-refractivity contribution >= 4 is 0 Å². The van der Waals surface area contributed by atoms with Gasteiger partial charge in [-0.25, -0.2) is 0 Å². The Balaban J connectivity index is 0.000000181. The van der Waals surface area contributed by atoms with Crippen LogP contribution in [0.4, 0.5) is 0 Å². The van der Waals surface area contributed by atoms with Gasteiger partial charge in [-0.3, -0.25) is 9.80 Å². The minimum Gasteiger partial charge on any atom is -0.395 e. The molecule has 2 fully saturated rings. The van der Waals surface area contributed by atoms with Crippen molar-refractivity contribution in [3.8, 4) is 0 Å². The van der Waals surface area contributed by atoms with Crippen LogP contribution in [0.1, 0.15) is 51.7 Å². The Bertz CT molecular complexity index is 807. The second-order valence-electron chi connectivity index (χ2n) is 11.3. The molecular weight excluding hydrogens is 396 g/mol. The van der Waals surface area contributed by atoms with Gasteiger partial charge >= 0.3 is 0 Å². The van der Waals surface area contributed by atoms with Gasteiger partial charge in [0.25, 0.3) is 0 Å². The summed E-state index contributed by atoms with van der Waals surface area (Å²) in [6.45, 7) is 14.1. The van der Waals surface area contributed by atoms with Crippen molar-refractivity contribution < 1.29 is 10.2 Å². The first-order chi connectivity index (χ1) is 15.2. The number of likely N-dealkylation sites (tertiary alicyclic amines) is 2. The van der Waals surface area contributed by atoms with Crippen LogP contribution in [0.3, 0.4) is 0 Å². The first-order valence-corrected chi connectivity index (χ1v) is 12.0. The fourth-order valence-electron chi connectivity index (χ4n) is 5.39. The van der Waals surface area contributed by atoms with Crippen molar-refractivity contribution in [2.24, 2.45) is 10.8 Å². The lowest BCUT2D eigenvalue weighted by Gasteiger charge is -2.40. The molecule has 0 amide bonds. The maximum atomic E-state index is 9.85. The molecule has 0 spiro atoms. The van der Waals surface area contributed by atoms with E-state index in [-0.39, 0.29) is 18.1 Å². The lowest BCUT2D eigenvalue weighted by atomic mass is 9.82. The summed E-state index contributed by atoms with van der Waals surface area (Å²) in [5, 5.41) is 19.3. The van der Waals surface area contributed by atoms with Crippen LogP contribution in [0.5, 0.6) is 0 Å². The SMILES string of the molecule is CC1(C)C[C@@H](CO)N(Cc2ccccc2)C1.CC1(C)C[C@@H](O)CN(Cc2ccccc2)C1. The van der Waals surface area contributed by atoms with Gasteiger partial charge in [-0.1, -0.05) is 88.4 Å². The molecule has 32 heavy (non-hydrogen) atoms. The lowest BCUT2D eigenvalue weighted by molar-refractivity contribution is 0.00274. The molecule has 2 N–H and O–H groups in total. The summed E-state index contributed by atoms with van der Waals surface area (Å²) in [7, 11) is 0. The minimum absolute atomic E-state index is 0.174. The Morgan fingerprint density at radius 3 is 1.84 bits per heavy atom. The van der Waals surface area contributed by atoms with Gasteiger partial charge in [-0.05, 0) is 34.8 Å². The maximum absolute atomic E-state index is 9.85. The van der Waals surface area contributed by atoms with E-state index < -0.39 is 0 Å². The number of piperidine rings is 1. The monoisotopic (exact) mass is 438 g/mol. The molecule has 4 nitrogen and oxygen atoms in total. The number of aliphatic hydroxyl groups excluding tert-OH is 2. The van der Waals surface area contributed by atoms with Gasteiger partial charge in [0.2, 0.25) is 0 Å². The normalized spacial score (nSPS) is 25.2. The van der Waals surface area contributed by atoms with Crippen LogP contribution in [0.15, 0.2) is 60.7 Å². The minimum atomic E-state index is -0.174. The summed E-state index contributed by atoms with van der Waals surface area (Å²) in [6, 6.07) is 21.3. The zero-order chi connectivity index (χ0) is 23.2. The molecule has 2 aromatic rings. The zero-order valence-electron chi connectivity index (χ0n) is 20.4.